The van der Waals surface area contributed by atoms with Gasteiger partial charge in [-0.2, -0.15) is 0 Å². The molecule has 3 aromatic rings. The van der Waals surface area contributed by atoms with Crippen molar-refractivity contribution in [3.05, 3.63) is 107 Å². The highest BCUT2D eigenvalue weighted by atomic mass is 16.5. The molecule has 0 saturated carbocycles. The highest BCUT2D eigenvalue weighted by Gasteiger charge is 2.20. The summed E-state index contributed by atoms with van der Waals surface area (Å²) < 4.78 is 5.53. The largest absolute Gasteiger partial charge is 0.488 e. The van der Waals surface area contributed by atoms with Gasteiger partial charge in [-0.3, -0.25) is 0 Å². The van der Waals surface area contributed by atoms with Crippen molar-refractivity contribution >= 4 is 18.0 Å². The van der Waals surface area contributed by atoms with Crippen molar-refractivity contribution in [3.63, 3.8) is 0 Å². The van der Waals surface area contributed by atoms with Gasteiger partial charge >= 0.3 is 11.9 Å². The van der Waals surface area contributed by atoms with Crippen LogP contribution in [0.1, 0.15) is 37.4 Å². The highest BCUT2D eigenvalue weighted by molar-refractivity contribution is 5.98. The topological polar surface area (TPSA) is 83.8 Å². The summed E-state index contributed by atoms with van der Waals surface area (Å²) in [6.07, 6.45) is 1.83. The van der Waals surface area contributed by atoms with Gasteiger partial charge in [0.15, 0.2) is 0 Å². The summed E-state index contributed by atoms with van der Waals surface area (Å²) in [6.45, 7) is 5.31. The predicted molar refractivity (Wildman–Crippen MR) is 112 cm³/mol. The van der Waals surface area contributed by atoms with Crippen LogP contribution < -0.4 is 4.74 Å². The molecular weight excluding hydrogens is 368 g/mol. The van der Waals surface area contributed by atoms with Gasteiger partial charge in [-0.25, -0.2) is 9.59 Å². The number of rotatable bonds is 6. The van der Waals surface area contributed by atoms with Crippen molar-refractivity contribution in [2.45, 2.75) is 13.5 Å². The van der Waals surface area contributed by atoms with Crippen LogP contribution in [-0.4, -0.2) is 22.2 Å². The number of hydrogen-bond donors (Lipinski definition) is 2. The van der Waals surface area contributed by atoms with Crippen LogP contribution in [0, 0.1) is 6.92 Å². The Hall–Kier alpha value is -3.86. The maximum absolute atomic E-state index is 11.4. The Morgan fingerprint density at radius 3 is 1.97 bits per heavy atom. The zero-order valence-corrected chi connectivity index (χ0v) is 16.0. The summed E-state index contributed by atoms with van der Waals surface area (Å²) in [4.78, 5) is 22.4. The molecule has 5 nitrogen and oxygen atoms in total. The van der Waals surface area contributed by atoms with E-state index in [0.717, 1.165) is 5.56 Å². The summed E-state index contributed by atoms with van der Waals surface area (Å²) >= 11 is 0. The third kappa shape index (κ3) is 6.07. The molecule has 0 aliphatic heterocycles. The lowest BCUT2D eigenvalue weighted by atomic mass is 10.0. The van der Waals surface area contributed by atoms with Gasteiger partial charge in [-0.05, 0) is 35.7 Å². The average Bonchev–Trinajstić information content (AvgIpc) is 2.73. The van der Waals surface area contributed by atoms with Crippen molar-refractivity contribution in [1.29, 1.82) is 0 Å². The Morgan fingerprint density at radius 2 is 1.48 bits per heavy atom. The first-order chi connectivity index (χ1) is 13.9. The normalized spacial score (nSPS) is 9.69. The molecule has 0 bridgehead atoms. The third-order valence-electron chi connectivity index (χ3n) is 4.14. The molecule has 3 aromatic carbocycles. The predicted octanol–water partition coefficient (Wildman–Crippen LogP) is 5.30. The van der Waals surface area contributed by atoms with Crippen molar-refractivity contribution in [1.82, 2.24) is 0 Å². The van der Waals surface area contributed by atoms with Gasteiger partial charge in [-0.1, -0.05) is 73.3 Å². The summed E-state index contributed by atoms with van der Waals surface area (Å²) in [5.41, 5.74) is 2.09. The SMILES string of the molecule is C=Cc1ccccc1.Cc1c(C(=O)O)ccc(OCc2ccccc2)c1C(=O)O. The monoisotopic (exact) mass is 390 g/mol. The molecule has 0 aliphatic carbocycles. The van der Waals surface area contributed by atoms with Crippen LogP contribution in [0.4, 0.5) is 0 Å². The molecule has 0 aromatic heterocycles. The maximum atomic E-state index is 11.4. The zero-order chi connectivity index (χ0) is 21.2. The van der Waals surface area contributed by atoms with Crippen molar-refractivity contribution in [2.75, 3.05) is 0 Å². The van der Waals surface area contributed by atoms with Crippen LogP contribution in [0.15, 0.2) is 79.4 Å². The van der Waals surface area contributed by atoms with Gasteiger partial charge in [0.1, 0.15) is 17.9 Å². The fourth-order valence-electron chi connectivity index (χ4n) is 2.63. The number of carboxylic acids is 2. The Kier molecular flexibility index (Phi) is 7.74. The number of hydrogen-bond acceptors (Lipinski definition) is 3. The van der Waals surface area contributed by atoms with Crippen LogP contribution in [0.2, 0.25) is 0 Å². The van der Waals surface area contributed by atoms with E-state index in [1.165, 1.54) is 24.6 Å². The van der Waals surface area contributed by atoms with E-state index in [0.29, 0.717) is 0 Å². The van der Waals surface area contributed by atoms with Crippen LogP contribution in [0.3, 0.4) is 0 Å². The fraction of sp³-hybridized carbons (Fsp3) is 0.0833. The van der Waals surface area contributed by atoms with E-state index in [1.807, 2.05) is 66.7 Å². The lowest BCUT2D eigenvalue weighted by molar-refractivity contribution is 0.0691. The Bertz CT molecular complexity index is 979. The van der Waals surface area contributed by atoms with Crippen LogP contribution in [0.25, 0.3) is 6.08 Å². The second-order valence-corrected chi connectivity index (χ2v) is 6.11. The zero-order valence-electron chi connectivity index (χ0n) is 16.0. The molecule has 3 rings (SSSR count). The molecule has 5 heteroatoms. The summed E-state index contributed by atoms with van der Waals surface area (Å²) in [5.74, 6) is -2.21. The minimum absolute atomic E-state index is 0.0422. The van der Waals surface area contributed by atoms with Crippen molar-refractivity contribution in [2.24, 2.45) is 0 Å². The lowest BCUT2D eigenvalue weighted by Gasteiger charge is -2.13. The first-order valence-corrected chi connectivity index (χ1v) is 8.88. The molecule has 0 atom stereocenters. The van der Waals surface area contributed by atoms with Gasteiger partial charge in [-0.15, -0.1) is 0 Å². The van der Waals surface area contributed by atoms with E-state index in [9.17, 15) is 14.7 Å². The molecule has 0 fully saturated rings. The van der Waals surface area contributed by atoms with E-state index >= 15 is 0 Å². The molecule has 0 radical (unpaired) electrons. The lowest BCUT2D eigenvalue weighted by Crippen LogP contribution is -2.10. The highest BCUT2D eigenvalue weighted by Crippen LogP contribution is 2.26. The number of ether oxygens (including phenoxy) is 1. The number of carbonyl (C=O) groups is 2. The third-order valence-corrected chi connectivity index (χ3v) is 4.14. The van der Waals surface area contributed by atoms with Crippen LogP contribution in [0.5, 0.6) is 5.75 Å². The Balaban J connectivity index is 0.000000313. The van der Waals surface area contributed by atoms with Gasteiger partial charge in [0.2, 0.25) is 0 Å². The van der Waals surface area contributed by atoms with Gasteiger partial charge in [0.25, 0.3) is 0 Å². The molecule has 0 amide bonds. The molecule has 29 heavy (non-hydrogen) atoms. The summed E-state index contributed by atoms with van der Waals surface area (Å²) in [6, 6.07) is 22.1. The van der Waals surface area contributed by atoms with E-state index in [2.05, 4.69) is 6.58 Å². The van der Waals surface area contributed by atoms with Gasteiger partial charge in [0.05, 0.1) is 5.56 Å². The molecular formula is C24H22O5. The molecule has 0 saturated heterocycles. The summed E-state index contributed by atoms with van der Waals surface area (Å²) in [7, 11) is 0. The standard InChI is InChI=1S/C16H14O5.C8H8/c1-10-12(15(17)18)7-8-13(14(10)16(19)20)21-9-11-5-3-2-4-6-11;1-2-8-6-4-3-5-7-8/h2-8H,9H2,1H3,(H,17,18)(H,19,20);2-7H,1H2. The Morgan fingerprint density at radius 1 is 0.897 bits per heavy atom. The van der Waals surface area contributed by atoms with Gasteiger partial charge < -0.3 is 14.9 Å². The maximum Gasteiger partial charge on any atom is 0.339 e. The first kappa shape index (κ1) is 21.4. The molecule has 0 spiro atoms. The minimum Gasteiger partial charge on any atom is -0.488 e. The second kappa shape index (κ2) is 10.5. The smallest absolute Gasteiger partial charge is 0.339 e. The molecule has 0 aliphatic rings. The molecule has 2 N–H and O–H groups in total. The van der Waals surface area contributed by atoms with Crippen LogP contribution in [-0.2, 0) is 6.61 Å². The van der Waals surface area contributed by atoms with Crippen molar-refractivity contribution in [3.8, 4) is 5.75 Å². The average molecular weight is 390 g/mol. The quantitative estimate of drug-likeness (QED) is 0.597. The number of aromatic carboxylic acids is 2. The first-order valence-electron chi connectivity index (χ1n) is 8.88. The van der Waals surface area contributed by atoms with E-state index in [4.69, 9.17) is 9.84 Å². The van der Waals surface area contributed by atoms with Crippen molar-refractivity contribution < 1.29 is 24.5 Å². The second-order valence-electron chi connectivity index (χ2n) is 6.11. The van der Waals surface area contributed by atoms with E-state index < -0.39 is 11.9 Å². The number of carboxylic acid groups (broad SMARTS) is 2. The molecule has 148 valence electrons. The van der Waals surface area contributed by atoms with Crippen LogP contribution >= 0.6 is 0 Å². The Labute approximate surface area is 169 Å². The summed E-state index contributed by atoms with van der Waals surface area (Å²) in [5, 5.41) is 18.3. The molecule has 0 unspecified atom stereocenters. The van der Waals surface area contributed by atoms with Gasteiger partial charge in [0, 0.05) is 0 Å². The minimum atomic E-state index is -1.21. The molecule has 0 heterocycles. The van der Waals surface area contributed by atoms with E-state index in [-0.39, 0.29) is 29.0 Å². The number of benzene rings is 3. The fourth-order valence-corrected chi connectivity index (χ4v) is 2.63. The van der Waals surface area contributed by atoms with E-state index in [1.54, 1.807) is 0 Å².